The Labute approximate surface area is 132 Å². The van der Waals surface area contributed by atoms with E-state index in [-0.39, 0.29) is 5.60 Å². The van der Waals surface area contributed by atoms with Crippen molar-refractivity contribution in [3.05, 3.63) is 0 Å². The second-order valence-electron chi connectivity index (χ2n) is 7.36. The highest BCUT2D eigenvalue weighted by Gasteiger charge is 2.36. The predicted octanol–water partition coefficient (Wildman–Crippen LogP) is 5.21. The van der Waals surface area contributed by atoms with Crippen molar-refractivity contribution in [3.8, 4) is 0 Å². The van der Waals surface area contributed by atoms with Gasteiger partial charge in [-0.1, -0.05) is 64.7 Å². The first-order valence-electron chi connectivity index (χ1n) is 9.72. The maximum atomic E-state index is 6.38. The SMILES string of the molecule is CCCNC1CCOC2(CCCCCCCCCCC2)C1. The molecule has 21 heavy (non-hydrogen) atoms. The molecule has 1 atom stereocenters. The molecule has 1 saturated heterocycles. The van der Waals surface area contributed by atoms with E-state index in [0.29, 0.717) is 6.04 Å². The topological polar surface area (TPSA) is 21.3 Å². The van der Waals surface area contributed by atoms with Crippen LogP contribution in [0.25, 0.3) is 0 Å². The van der Waals surface area contributed by atoms with Crippen LogP contribution in [0.15, 0.2) is 0 Å². The van der Waals surface area contributed by atoms with E-state index in [0.717, 1.165) is 6.61 Å². The molecule has 0 aromatic carbocycles. The summed E-state index contributed by atoms with van der Waals surface area (Å²) in [4.78, 5) is 0. The van der Waals surface area contributed by atoms with Gasteiger partial charge < -0.3 is 10.1 Å². The summed E-state index contributed by atoms with van der Waals surface area (Å²) in [5.41, 5.74) is 0.211. The van der Waals surface area contributed by atoms with Crippen LogP contribution in [0.5, 0.6) is 0 Å². The molecule has 0 aromatic rings. The number of hydrogen-bond acceptors (Lipinski definition) is 2. The van der Waals surface area contributed by atoms with Crippen LogP contribution in [-0.4, -0.2) is 24.8 Å². The fourth-order valence-electron chi connectivity index (χ4n) is 4.16. The van der Waals surface area contributed by atoms with Gasteiger partial charge in [0.2, 0.25) is 0 Å². The third kappa shape index (κ3) is 6.28. The van der Waals surface area contributed by atoms with Gasteiger partial charge in [-0.15, -0.1) is 0 Å². The summed E-state index contributed by atoms with van der Waals surface area (Å²) in [6, 6.07) is 0.701. The van der Waals surface area contributed by atoms with Gasteiger partial charge in [0.25, 0.3) is 0 Å². The zero-order valence-corrected chi connectivity index (χ0v) is 14.3. The second kappa shape index (κ2) is 9.84. The van der Waals surface area contributed by atoms with Crippen molar-refractivity contribution in [3.63, 3.8) is 0 Å². The molecule has 2 nitrogen and oxygen atoms in total. The van der Waals surface area contributed by atoms with Gasteiger partial charge >= 0.3 is 0 Å². The normalized spacial score (nSPS) is 28.7. The third-order valence-corrected chi connectivity index (χ3v) is 5.44. The van der Waals surface area contributed by atoms with Crippen molar-refractivity contribution in [1.29, 1.82) is 0 Å². The first-order valence-corrected chi connectivity index (χ1v) is 9.72. The molecular weight excluding hydrogens is 258 g/mol. The number of ether oxygens (including phenoxy) is 1. The summed E-state index contributed by atoms with van der Waals surface area (Å²) in [6.07, 6.45) is 19.1. The number of rotatable bonds is 3. The van der Waals surface area contributed by atoms with Crippen molar-refractivity contribution in [2.45, 2.75) is 108 Å². The average Bonchev–Trinajstić information content (AvgIpc) is 2.49. The van der Waals surface area contributed by atoms with Gasteiger partial charge in [0, 0.05) is 12.6 Å². The lowest BCUT2D eigenvalue weighted by Gasteiger charge is -2.42. The fraction of sp³-hybridized carbons (Fsp3) is 1.00. The molecule has 0 amide bonds. The molecular formula is C19H37NO. The molecule has 1 unspecified atom stereocenters. The van der Waals surface area contributed by atoms with Gasteiger partial charge in [0.05, 0.1) is 5.60 Å². The molecule has 1 aliphatic carbocycles. The quantitative estimate of drug-likeness (QED) is 0.772. The van der Waals surface area contributed by atoms with Crippen molar-refractivity contribution in [2.75, 3.05) is 13.2 Å². The summed E-state index contributed by atoms with van der Waals surface area (Å²) >= 11 is 0. The van der Waals surface area contributed by atoms with E-state index in [2.05, 4.69) is 12.2 Å². The highest BCUT2D eigenvalue weighted by Crippen LogP contribution is 2.36. The predicted molar refractivity (Wildman–Crippen MR) is 90.8 cm³/mol. The Hall–Kier alpha value is -0.0800. The third-order valence-electron chi connectivity index (χ3n) is 5.44. The van der Waals surface area contributed by atoms with Gasteiger partial charge in [0.1, 0.15) is 0 Å². The van der Waals surface area contributed by atoms with Crippen molar-refractivity contribution in [1.82, 2.24) is 5.32 Å². The smallest absolute Gasteiger partial charge is 0.0697 e. The summed E-state index contributed by atoms with van der Waals surface area (Å²) in [7, 11) is 0. The molecule has 0 bridgehead atoms. The fourth-order valence-corrected chi connectivity index (χ4v) is 4.16. The molecule has 2 heteroatoms. The average molecular weight is 296 g/mol. The standard InChI is InChI=1S/C19H37NO/c1-2-15-20-18-12-16-21-19(17-18)13-10-8-6-4-3-5-7-9-11-14-19/h18,20H,2-17H2,1H3. The number of hydrogen-bond donors (Lipinski definition) is 1. The highest BCUT2D eigenvalue weighted by molar-refractivity contribution is 4.90. The highest BCUT2D eigenvalue weighted by atomic mass is 16.5. The van der Waals surface area contributed by atoms with E-state index in [4.69, 9.17) is 4.74 Å². The molecule has 1 N–H and O–H groups in total. The lowest BCUT2D eigenvalue weighted by Crippen LogP contribution is -2.47. The lowest BCUT2D eigenvalue weighted by molar-refractivity contribution is -0.101. The van der Waals surface area contributed by atoms with E-state index in [1.165, 1.54) is 96.4 Å². The molecule has 0 aromatic heterocycles. The molecule has 1 aliphatic heterocycles. The minimum absolute atomic E-state index is 0.211. The van der Waals surface area contributed by atoms with Gasteiger partial charge in [-0.3, -0.25) is 0 Å². The first-order chi connectivity index (χ1) is 10.3. The Morgan fingerprint density at radius 1 is 0.905 bits per heavy atom. The Kier molecular flexibility index (Phi) is 8.10. The van der Waals surface area contributed by atoms with E-state index in [1.807, 2.05) is 0 Å². The maximum Gasteiger partial charge on any atom is 0.0697 e. The Morgan fingerprint density at radius 3 is 2.05 bits per heavy atom. The molecule has 1 spiro atoms. The molecule has 124 valence electrons. The van der Waals surface area contributed by atoms with Crippen LogP contribution in [0.2, 0.25) is 0 Å². The number of nitrogens with one attached hydrogen (secondary N) is 1. The largest absolute Gasteiger partial charge is 0.375 e. The second-order valence-corrected chi connectivity index (χ2v) is 7.36. The van der Waals surface area contributed by atoms with E-state index in [1.54, 1.807) is 0 Å². The van der Waals surface area contributed by atoms with Gasteiger partial charge in [-0.05, 0) is 38.6 Å². The minimum Gasteiger partial charge on any atom is -0.375 e. The molecule has 2 rings (SSSR count). The van der Waals surface area contributed by atoms with Crippen molar-refractivity contribution < 1.29 is 4.74 Å². The Balaban J connectivity index is 1.87. The van der Waals surface area contributed by atoms with Gasteiger partial charge in [-0.2, -0.15) is 0 Å². The van der Waals surface area contributed by atoms with Crippen molar-refractivity contribution >= 4 is 0 Å². The molecule has 0 radical (unpaired) electrons. The summed E-state index contributed by atoms with van der Waals surface area (Å²) in [5, 5.41) is 3.75. The summed E-state index contributed by atoms with van der Waals surface area (Å²) in [6.45, 7) is 4.40. The molecule has 1 saturated carbocycles. The van der Waals surface area contributed by atoms with Crippen LogP contribution >= 0.6 is 0 Å². The van der Waals surface area contributed by atoms with Crippen LogP contribution < -0.4 is 5.32 Å². The Morgan fingerprint density at radius 2 is 1.48 bits per heavy atom. The van der Waals surface area contributed by atoms with E-state index < -0.39 is 0 Å². The van der Waals surface area contributed by atoms with E-state index in [9.17, 15) is 0 Å². The van der Waals surface area contributed by atoms with Crippen LogP contribution in [0.1, 0.15) is 96.8 Å². The lowest BCUT2D eigenvalue weighted by atomic mass is 9.81. The van der Waals surface area contributed by atoms with Gasteiger partial charge in [-0.25, -0.2) is 0 Å². The summed E-state index contributed by atoms with van der Waals surface area (Å²) < 4.78 is 6.38. The minimum atomic E-state index is 0.211. The van der Waals surface area contributed by atoms with Crippen molar-refractivity contribution in [2.24, 2.45) is 0 Å². The van der Waals surface area contributed by atoms with Crippen LogP contribution in [0.3, 0.4) is 0 Å². The monoisotopic (exact) mass is 295 g/mol. The zero-order valence-electron chi connectivity index (χ0n) is 14.3. The first kappa shape index (κ1) is 17.3. The summed E-state index contributed by atoms with van der Waals surface area (Å²) in [5.74, 6) is 0. The zero-order chi connectivity index (χ0) is 14.8. The molecule has 2 fully saturated rings. The maximum absolute atomic E-state index is 6.38. The van der Waals surface area contributed by atoms with E-state index >= 15 is 0 Å². The molecule has 2 aliphatic rings. The Bertz CT molecular complexity index is 254. The van der Waals surface area contributed by atoms with Crippen LogP contribution in [0.4, 0.5) is 0 Å². The van der Waals surface area contributed by atoms with Gasteiger partial charge in [0.15, 0.2) is 0 Å². The molecule has 1 heterocycles. The van der Waals surface area contributed by atoms with Crippen LogP contribution in [-0.2, 0) is 4.74 Å². The van der Waals surface area contributed by atoms with Crippen LogP contribution in [0, 0.1) is 0 Å².